The van der Waals surface area contributed by atoms with Crippen LogP contribution in [-0.2, 0) is 0 Å². The minimum Gasteiger partial charge on any atom is -0.0773 e. The Bertz CT molecular complexity index is 297. The minimum absolute atomic E-state index is 0.827. The van der Waals surface area contributed by atoms with E-state index < -0.39 is 0 Å². The van der Waals surface area contributed by atoms with E-state index in [9.17, 15) is 0 Å². The van der Waals surface area contributed by atoms with Crippen LogP contribution < -0.4 is 0 Å². The van der Waals surface area contributed by atoms with Gasteiger partial charge in [-0.25, -0.2) is 0 Å². The van der Waals surface area contributed by atoms with E-state index in [-0.39, 0.29) is 0 Å². The topological polar surface area (TPSA) is 0 Å². The van der Waals surface area contributed by atoms with Crippen molar-refractivity contribution in [2.24, 2.45) is 29.6 Å². The second-order valence-corrected chi connectivity index (χ2v) is 5.62. The number of fused-ring (bicyclic) bond motifs is 3. The Morgan fingerprint density at radius 2 is 1.93 bits per heavy atom. The fourth-order valence-corrected chi connectivity index (χ4v) is 4.05. The van der Waals surface area contributed by atoms with Crippen molar-refractivity contribution in [2.75, 3.05) is 0 Å². The molecule has 2 fully saturated rings. The summed E-state index contributed by atoms with van der Waals surface area (Å²) in [6.45, 7) is 4.93. The van der Waals surface area contributed by atoms with Crippen LogP contribution in [0.4, 0.5) is 0 Å². The third-order valence-corrected chi connectivity index (χ3v) is 4.85. The quantitative estimate of drug-likeness (QED) is 0.542. The predicted octanol–water partition coefficient (Wildman–Crippen LogP) is 3.80. The van der Waals surface area contributed by atoms with Crippen molar-refractivity contribution in [3.05, 3.63) is 23.8 Å². The number of rotatable bonds is 0. The molecule has 0 saturated heterocycles. The fourth-order valence-electron chi connectivity index (χ4n) is 4.05. The van der Waals surface area contributed by atoms with Crippen molar-refractivity contribution < 1.29 is 0 Å². The maximum absolute atomic E-state index is 2.47. The SMILES string of the molecule is CC1CCC(C)C2C3=CC=CC3CC12. The smallest absolute Gasteiger partial charge is 0.00111 e. The normalized spacial score (nSPS) is 50.1. The van der Waals surface area contributed by atoms with Gasteiger partial charge in [0.2, 0.25) is 0 Å². The molecule has 5 atom stereocenters. The van der Waals surface area contributed by atoms with Crippen LogP contribution in [-0.4, -0.2) is 0 Å². The molecule has 2 saturated carbocycles. The van der Waals surface area contributed by atoms with Gasteiger partial charge in [0.1, 0.15) is 0 Å². The molecule has 0 aromatic carbocycles. The van der Waals surface area contributed by atoms with Gasteiger partial charge in [0.15, 0.2) is 0 Å². The highest BCUT2D eigenvalue weighted by molar-refractivity contribution is 5.34. The second-order valence-electron chi connectivity index (χ2n) is 5.62. The highest BCUT2D eigenvalue weighted by Crippen LogP contribution is 2.54. The van der Waals surface area contributed by atoms with Crippen LogP contribution in [0.3, 0.4) is 0 Å². The van der Waals surface area contributed by atoms with Crippen molar-refractivity contribution in [3.8, 4) is 0 Å². The highest BCUT2D eigenvalue weighted by Gasteiger charge is 2.45. The zero-order valence-corrected chi connectivity index (χ0v) is 9.24. The van der Waals surface area contributed by atoms with Gasteiger partial charge in [-0.2, -0.15) is 0 Å². The number of allylic oxidation sites excluding steroid dienone is 4. The molecular formula is C14H20. The summed E-state index contributed by atoms with van der Waals surface area (Å²) >= 11 is 0. The van der Waals surface area contributed by atoms with E-state index in [4.69, 9.17) is 0 Å². The van der Waals surface area contributed by atoms with Crippen LogP contribution in [0.5, 0.6) is 0 Å². The Kier molecular flexibility index (Phi) is 1.87. The molecule has 0 spiro atoms. The Hall–Kier alpha value is -0.520. The van der Waals surface area contributed by atoms with Gasteiger partial charge < -0.3 is 0 Å². The molecule has 14 heavy (non-hydrogen) atoms. The van der Waals surface area contributed by atoms with Gasteiger partial charge in [0, 0.05) is 0 Å². The average molecular weight is 188 g/mol. The minimum atomic E-state index is 0.827. The first kappa shape index (κ1) is 8.76. The molecule has 76 valence electrons. The average Bonchev–Trinajstić information content (AvgIpc) is 2.70. The number of hydrogen-bond acceptors (Lipinski definition) is 0. The lowest BCUT2D eigenvalue weighted by molar-refractivity contribution is 0.156. The first-order chi connectivity index (χ1) is 6.77. The monoisotopic (exact) mass is 188 g/mol. The zero-order chi connectivity index (χ0) is 9.71. The van der Waals surface area contributed by atoms with E-state index in [1.807, 2.05) is 0 Å². The molecule has 5 unspecified atom stereocenters. The summed E-state index contributed by atoms with van der Waals surface area (Å²) in [7, 11) is 0. The molecular weight excluding hydrogens is 168 g/mol. The van der Waals surface area contributed by atoms with Crippen LogP contribution in [0.2, 0.25) is 0 Å². The Morgan fingerprint density at radius 1 is 1.14 bits per heavy atom. The summed E-state index contributed by atoms with van der Waals surface area (Å²) in [6.07, 6.45) is 11.5. The van der Waals surface area contributed by atoms with Crippen LogP contribution in [0.25, 0.3) is 0 Å². The van der Waals surface area contributed by atoms with Gasteiger partial charge in [-0.05, 0) is 42.4 Å². The summed E-state index contributed by atoms with van der Waals surface area (Å²) < 4.78 is 0. The summed E-state index contributed by atoms with van der Waals surface area (Å²) in [5.74, 6) is 4.66. The van der Waals surface area contributed by atoms with Crippen LogP contribution >= 0.6 is 0 Å². The van der Waals surface area contributed by atoms with E-state index in [1.54, 1.807) is 5.57 Å². The maximum atomic E-state index is 2.47. The molecule has 0 radical (unpaired) electrons. The highest BCUT2D eigenvalue weighted by atomic mass is 14.5. The molecule has 0 heteroatoms. The van der Waals surface area contributed by atoms with Crippen LogP contribution in [0.1, 0.15) is 33.1 Å². The van der Waals surface area contributed by atoms with Gasteiger partial charge in [-0.1, -0.05) is 44.1 Å². The molecule has 0 aliphatic heterocycles. The lowest BCUT2D eigenvalue weighted by Crippen LogP contribution is -2.28. The molecule has 0 N–H and O–H groups in total. The van der Waals surface area contributed by atoms with Crippen LogP contribution in [0, 0.1) is 29.6 Å². The summed E-state index contributed by atoms with van der Waals surface area (Å²) in [5, 5.41) is 0. The Morgan fingerprint density at radius 3 is 2.79 bits per heavy atom. The van der Waals surface area contributed by atoms with E-state index in [1.165, 1.54) is 19.3 Å². The second kappa shape index (κ2) is 2.98. The molecule has 0 amide bonds. The van der Waals surface area contributed by atoms with Crippen molar-refractivity contribution >= 4 is 0 Å². The Balaban J connectivity index is 1.93. The van der Waals surface area contributed by atoms with E-state index >= 15 is 0 Å². The van der Waals surface area contributed by atoms with Gasteiger partial charge in [0.25, 0.3) is 0 Å². The fraction of sp³-hybridized carbons (Fsp3) is 0.714. The molecule has 0 aromatic heterocycles. The lowest BCUT2D eigenvalue weighted by Gasteiger charge is -2.37. The maximum Gasteiger partial charge on any atom is -0.00111 e. The first-order valence-electron chi connectivity index (χ1n) is 6.15. The molecule has 3 aliphatic rings. The third-order valence-electron chi connectivity index (χ3n) is 4.85. The van der Waals surface area contributed by atoms with Crippen molar-refractivity contribution in [1.82, 2.24) is 0 Å². The predicted molar refractivity (Wildman–Crippen MR) is 59.9 cm³/mol. The van der Waals surface area contributed by atoms with E-state index in [0.29, 0.717) is 0 Å². The lowest BCUT2D eigenvalue weighted by atomic mass is 9.68. The third kappa shape index (κ3) is 1.06. The van der Waals surface area contributed by atoms with E-state index in [2.05, 4.69) is 32.1 Å². The largest absolute Gasteiger partial charge is 0.0773 e. The molecule has 0 heterocycles. The van der Waals surface area contributed by atoms with Gasteiger partial charge in [-0.3, -0.25) is 0 Å². The Labute approximate surface area is 87.1 Å². The van der Waals surface area contributed by atoms with Crippen molar-refractivity contribution in [2.45, 2.75) is 33.1 Å². The molecule has 0 bridgehead atoms. The molecule has 0 nitrogen and oxygen atoms in total. The van der Waals surface area contributed by atoms with Gasteiger partial charge in [-0.15, -0.1) is 0 Å². The first-order valence-corrected chi connectivity index (χ1v) is 6.15. The summed E-state index contributed by atoms with van der Waals surface area (Å²) in [4.78, 5) is 0. The molecule has 0 aromatic rings. The summed E-state index contributed by atoms with van der Waals surface area (Å²) in [5.41, 5.74) is 1.77. The standard InChI is InChI=1S/C14H20/c1-9-6-7-10(2)14-12-5-3-4-11(12)8-13(9)14/h3-5,9-11,13-14H,6-8H2,1-2H3. The molecule has 3 aliphatic carbocycles. The van der Waals surface area contributed by atoms with E-state index in [0.717, 1.165) is 29.6 Å². The van der Waals surface area contributed by atoms with Gasteiger partial charge >= 0.3 is 0 Å². The van der Waals surface area contributed by atoms with Crippen LogP contribution in [0.15, 0.2) is 23.8 Å². The number of hydrogen-bond donors (Lipinski definition) is 0. The van der Waals surface area contributed by atoms with Crippen molar-refractivity contribution in [3.63, 3.8) is 0 Å². The molecule has 3 rings (SSSR count). The van der Waals surface area contributed by atoms with Crippen molar-refractivity contribution in [1.29, 1.82) is 0 Å². The zero-order valence-electron chi connectivity index (χ0n) is 9.24. The summed E-state index contributed by atoms with van der Waals surface area (Å²) in [6, 6.07) is 0. The van der Waals surface area contributed by atoms with Gasteiger partial charge in [0.05, 0.1) is 0 Å².